The lowest BCUT2D eigenvalue weighted by molar-refractivity contribution is -0.111. The first kappa shape index (κ1) is 20.0. The number of rotatable bonds is 10. The summed E-state index contributed by atoms with van der Waals surface area (Å²) in [6.07, 6.45) is 15.3. The van der Waals surface area contributed by atoms with E-state index in [0.717, 1.165) is 34.8 Å². The van der Waals surface area contributed by atoms with E-state index in [0.29, 0.717) is 18.5 Å². The molecule has 6 nitrogen and oxygen atoms in total. The molecular weight excluding hydrogens is 376 g/mol. The first-order valence-corrected chi connectivity index (χ1v) is 10.5. The summed E-state index contributed by atoms with van der Waals surface area (Å²) in [5.74, 6) is 1.35. The van der Waals surface area contributed by atoms with Crippen molar-refractivity contribution in [3.8, 4) is 5.75 Å². The number of anilines is 1. The Morgan fingerprint density at radius 2 is 2.00 bits per heavy atom. The van der Waals surface area contributed by atoms with Gasteiger partial charge in [0.2, 0.25) is 5.91 Å². The van der Waals surface area contributed by atoms with E-state index in [1.807, 2.05) is 48.8 Å². The van der Waals surface area contributed by atoms with Crippen LogP contribution in [0, 0.1) is 11.3 Å². The normalized spacial score (nSPS) is 18.9. The molecule has 1 aromatic rings. The molecular formula is C24H28N4O2. The number of carbonyl (C=O) groups excluding carboxylic acids is 1. The van der Waals surface area contributed by atoms with Crippen LogP contribution in [0.15, 0.2) is 71.6 Å². The van der Waals surface area contributed by atoms with Crippen molar-refractivity contribution in [1.29, 1.82) is 5.41 Å². The van der Waals surface area contributed by atoms with Crippen molar-refractivity contribution in [3.05, 3.63) is 71.6 Å². The third-order valence-corrected chi connectivity index (χ3v) is 5.27. The largest absolute Gasteiger partial charge is 0.493 e. The molecule has 0 aromatic heterocycles. The van der Waals surface area contributed by atoms with Gasteiger partial charge in [0.1, 0.15) is 5.75 Å². The van der Waals surface area contributed by atoms with E-state index >= 15 is 0 Å². The van der Waals surface area contributed by atoms with E-state index in [2.05, 4.69) is 16.0 Å². The summed E-state index contributed by atoms with van der Waals surface area (Å²) >= 11 is 0. The van der Waals surface area contributed by atoms with Crippen molar-refractivity contribution in [2.24, 2.45) is 5.92 Å². The molecule has 4 rings (SSSR count). The fraction of sp³-hybridized carbons (Fsp3) is 0.333. The first-order valence-electron chi connectivity index (χ1n) is 10.5. The molecule has 0 spiro atoms. The molecule has 156 valence electrons. The molecule has 1 aliphatic heterocycles. The monoisotopic (exact) mass is 404 g/mol. The lowest BCUT2D eigenvalue weighted by atomic mass is 9.98. The Hall–Kier alpha value is -3.28. The van der Waals surface area contributed by atoms with Crippen LogP contribution in [0.3, 0.4) is 0 Å². The van der Waals surface area contributed by atoms with E-state index in [9.17, 15) is 4.79 Å². The molecule has 0 radical (unpaired) electrons. The highest BCUT2D eigenvalue weighted by molar-refractivity contribution is 5.99. The number of nitrogens with one attached hydrogen (secondary N) is 4. The number of carbonyl (C=O) groups is 1. The third kappa shape index (κ3) is 5.86. The van der Waals surface area contributed by atoms with E-state index in [1.54, 1.807) is 0 Å². The second-order valence-corrected chi connectivity index (χ2v) is 7.94. The van der Waals surface area contributed by atoms with Crippen LogP contribution in [-0.2, 0) is 4.79 Å². The Morgan fingerprint density at radius 1 is 1.20 bits per heavy atom. The van der Waals surface area contributed by atoms with Gasteiger partial charge < -0.3 is 26.1 Å². The van der Waals surface area contributed by atoms with E-state index < -0.39 is 0 Å². The van der Waals surface area contributed by atoms with Gasteiger partial charge in [0.25, 0.3) is 0 Å². The van der Waals surface area contributed by atoms with Crippen molar-refractivity contribution in [2.75, 3.05) is 18.5 Å². The molecule has 1 aromatic carbocycles. The van der Waals surface area contributed by atoms with Crippen molar-refractivity contribution < 1.29 is 9.53 Å². The molecule has 0 atom stereocenters. The molecule has 2 saturated carbocycles. The van der Waals surface area contributed by atoms with Gasteiger partial charge in [0.15, 0.2) is 0 Å². The minimum absolute atomic E-state index is 0.195. The van der Waals surface area contributed by atoms with Crippen molar-refractivity contribution >= 4 is 17.8 Å². The molecule has 0 saturated heterocycles. The summed E-state index contributed by atoms with van der Waals surface area (Å²) in [7, 11) is 0. The van der Waals surface area contributed by atoms with Crippen LogP contribution >= 0.6 is 0 Å². The molecule has 0 unspecified atom stereocenters. The maximum absolute atomic E-state index is 12.4. The Morgan fingerprint density at radius 3 is 2.70 bits per heavy atom. The van der Waals surface area contributed by atoms with Gasteiger partial charge in [0.05, 0.1) is 6.61 Å². The van der Waals surface area contributed by atoms with Crippen LogP contribution in [-0.4, -0.2) is 31.3 Å². The zero-order valence-electron chi connectivity index (χ0n) is 17.0. The highest BCUT2D eigenvalue weighted by Crippen LogP contribution is 2.29. The highest BCUT2D eigenvalue weighted by Gasteiger charge is 2.22. The minimum Gasteiger partial charge on any atom is -0.493 e. The zero-order valence-corrected chi connectivity index (χ0v) is 17.0. The van der Waals surface area contributed by atoms with E-state index in [1.165, 1.54) is 38.0 Å². The Labute approximate surface area is 177 Å². The van der Waals surface area contributed by atoms with Crippen molar-refractivity contribution in [3.63, 3.8) is 0 Å². The molecule has 0 bridgehead atoms. The molecule has 1 amide bonds. The lowest BCUT2D eigenvalue weighted by Crippen LogP contribution is -2.17. The maximum atomic E-state index is 12.4. The zero-order chi connectivity index (χ0) is 20.8. The molecule has 1 heterocycles. The van der Waals surface area contributed by atoms with E-state index in [-0.39, 0.29) is 5.91 Å². The van der Waals surface area contributed by atoms with Crippen LogP contribution in [0.5, 0.6) is 5.75 Å². The molecule has 30 heavy (non-hydrogen) atoms. The lowest BCUT2D eigenvalue weighted by Gasteiger charge is -2.15. The first-order chi connectivity index (χ1) is 14.7. The fourth-order valence-electron chi connectivity index (χ4n) is 3.09. The predicted molar refractivity (Wildman–Crippen MR) is 120 cm³/mol. The molecule has 2 fully saturated rings. The number of ether oxygens (including phenoxy) is 1. The van der Waals surface area contributed by atoms with Crippen LogP contribution in [0.2, 0.25) is 0 Å². The summed E-state index contributed by atoms with van der Waals surface area (Å²) in [6, 6.07) is 7.99. The van der Waals surface area contributed by atoms with E-state index in [4.69, 9.17) is 10.1 Å². The summed E-state index contributed by atoms with van der Waals surface area (Å²) in [5, 5.41) is 17.1. The molecule has 3 aliphatic rings. The molecule has 6 heteroatoms. The quantitative estimate of drug-likeness (QED) is 0.354. The van der Waals surface area contributed by atoms with Gasteiger partial charge in [-0.3, -0.25) is 4.79 Å². The van der Waals surface area contributed by atoms with Crippen LogP contribution < -0.4 is 20.7 Å². The Balaban J connectivity index is 1.37. The van der Waals surface area contributed by atoms with Gasteiger partial charge in [-0.25, -0.2) is 0 Å². The van der Waals surface area contributed by atoms with Gasteiger partial charge in [-0.05, 0) is 79.3 Å². The molecule has 4 N–H and O–H groups in total. The SMILES string of the molecule is N=C/C(=C\NC1CC1)C1=C(/C=C/C(=O)Nc2ccc(OCC3CC3)cc2)CNC=C1. The second kappa shape index (κ2) is 9.48. The van der Waals surface area contributed by atoms with Gasteiger partial charge in [0, 0.05) is 42.3 Å². The van der Waals surface area contributed by atoms with Crippen molar-refractivity contribution in [2.45, 2.75) is 31.7 Å². The van der Waals surface area contributed by atoms with Gasteiger partial charge in [-0.1, -0.05) is 6.08 Å². The Bertz CT molecular complexity index is 904. The Kier molecular flexibility index (Phi) is 6.32. The average molecular weight is 405 g/mol. The number of hydrogen-bond acceptors (Lipinski definition) is 5. The highest BCUT2D eigenvalue weighted by atomic mass is 16.5. The summed E-state index contributed by atoms with van der Waals surface area (Å²) in [4.78, 5) is 12.4. The summed E-state index contributed by atoms with van der Waals surface area (Å²) in [5.41, 5.74) is 3.44. The third-order valence-electron chi connectivity index (χ3n) is 5.27. The van der Waals surface area contributed by atoms with Gasteiger partial charge in [-0.15, -0.1) is 0 Å². The number of allylic oxidation sites excluding steroid dienone is 3. The average Bonchev–Trinajstić information content (AvgIpc) is 3.68. The second-order valence-electron chi connectivity index (χ2n) is 7.94. The van der Waals surface area contributed by atoms with Crippen LogP contribution in [0.4, 0.5) is 5.69 Å². The topological polar surface area (TPSA) is 86.2 Å². The standard InChI is InChI=1S/C24H28N4O2/c25-13-19(15-27-20-4-5-20)23-11-12-26-14-18(23)3-10-24(29)28-21-6-8-22(9-7-21)30-16-17-1-2-17/h3,6-13,15,17,20,25-27H,1-2,4-5,14,16H2,(H,28,29)/b10-3+,19-15+,25-13?. The number of dihydropyridines is 1. The number of amides is 1. The van der Waals surface area contributed by atoms with Crippen LogP contribution in [0.1, 0.15) is 25.7 Å². The van der Waals surface area contributed by atoms with Crippen LogP contribution in [0.25, 0.3) is 0 Å². The number of benzene rings is 1. The predicted octanol–water partition coefficient (Wildman–Crippen LogP) is 3.67. The fourth-order valence-corrected chi connectivity index (χ4v) is 3.09. The summed E-state index contributed by atoms with van der Waals surface area (Å²) in [6.45, 7) is 1.38. The minimum atomic E-state index is -0.195. The van der Waals surface area contributed by atoms with Crippen molar-refractivity contribution in [1.82, 2.24) is 10.6 Å². The van der Waals surface area contributed by atoms with Gasteiger partial charge in [-0.2, -0.15) is 0 Å². The smallest absolute Gasteiger partial charge is 0.248 e. The summed E-state index contributed by atoms with van der Waals surface area (Å²) < 4.78 is 5.73. The van der Waals surface area contributed by atoms with Gasteiger partial charge >= 0.3 is 0 Å². The molecule has 2 aliphatic carbocycles. The maximum Gasteiger partial charge on any atom is 0.248 e. The number of hydrogen-bond donors (Lipinski definition) is 4.